The normalized spacial score (nSPS) is 10.7. The fourth-order valence-electron chi connectivity index (χ4n) is 1.94. The largest absolute Gasteiger partial charge is 0.508 e. The maximum atomic E-state index is 9.27. The van der Waals surface area contributed by atoms with Crippen LogP contribution in [-0.2, 0) is 6.42 Å². The highest BCUT2D eigenvalue weighted by molar-refractivity contribution is 9.10. The molecule has 0 saturated carbocycles. The van der Waals surface area contributed by atoms with Gasteiger partial charge in [-0.3, -0.25) is 0 Å². The molecule has 0 aliphatic heterocycles. The van der Waals surface area contributed by atoms with E-state index in [0.717, 1.165) is 15.6 Å². The second kappa shape index (κ2) is 5.57. The molecule has 0 bridgehead atoms. The van der Waals surface area contributed by atoms with E-state index >= 15 is 0 Å². The van der Waals surface area contributed by atoms with E-state index in [1.807, 2.05) is 18.2 Å². The number of aromatic hydroxyl groups is 1. The van der Waals surface area contributed by atoms with E-state index in [1.54, 1.807) is 24.3 Å². The molecule has 1 heterocycles. The molecule has 0 fully saturated rings. The molecule has 0 aliphatic rings. The van der Waals surface area contributed by atoms with Crippen LogP contribution in [0, 0.1) is 0 Å². The molecule has 6 heteroatoms. The van der Waals surface area contributed by atoms with Crippen LogP contribution in [0.3, 0.4) is 0 Å². The van der Waals surface area contributed by atoms with Crippen molar-refractivity contribution in [3.8, 4) is 17.2 Å². The number of phenols is 1. The lowest BCUT2D eigenvalue weighted by Crippen LogP contribution is -1.91. The molecule has 1 aromatic heterocycles. The number of aromatic nitrogens is 2. The summed E-state index contributed by atoms with van der Waals surface area (Å²) in [6, 6.07) is 12.3. The minimum absolute atomic E-state index is 0.233. The van der Waals surface area contributed by atoms with Gasteiger partial charge in [0.15, 0.2) is 5.82 Å². The number of anilines is 1. The van der Waals surface area contributed by atoms with E-state index in [4.69, 9.17) is 10.3 Å². The van der Waals surface area contributed by atoms with E-state index in [9.17, 15) is 5.11 Å². The van der Waals surface area contributed by atoms with Crippen LogP contribution in [0.5, 0.6) is 5.75 Å². The van der Waals surface area contributed by atoms with Crippen LogP contribution in [0.2, 0.25) is 0 Å². The van der Waals surface area contributed by atoms with E-state index in [0.29, 0.717) is 23.8 Å². The Labute approximate surface area is 129 Å². The van der Waals surface area contributed by atoms with Crippen LogP contribution in [0.25, 0.3) is 11.5 Å². The van der Waals surface area contributed by atoms with Crippen LogP contribution in [0.1, 0.15) is 11.4 Å². The van der Waals surface area contributed by atoms with Gasteiger partial charge in [0.2, 0.25) is 0 Å². The lowest BCUT2D eigenvalue weighted by Gasteiger charge is -2.00. The molecule has 0 spiro atoms. The molecule has 5 nitrogen and oxygen atoms in total. The Hall–Kier alpha value is -2.34. The van der Waals surface area contributed by atoms with Gasteiger partial charge in [-0.15, -0.1) is 0 Å². The third-order valence-corrected chi connectivity index (χ3v) is 3.68. The Kier molecular flexibility index (Phi) is 3.62. The average molecular weight is 346 g/mol. The second-order valence-electron chi connectivity index (χ2n) is 4.60. The van der Waals surface area contributed by atoms with Crippen LogP contribution in [0.15, 0.2) is 51.5 Å². The van der Waals surface area contributed by atoms with Gasteiger partial charge in [-0.1, -0.05) is 17.3 Å². The van der Waals surface area contributed by atoms with Gasteiger partial charge in [-0.25, -0.2) is 0 Å². The molecular formula is C15H12BrN3O2. The smallest absolute Gasteiger partial charge is 0.259 e. The third kappa shape index (κ3) is 3.05. The van der Waals surface area contributed by atoms with E-state index in [2.05, 4.69) is 26.1 Å². The SMILES string of the molecule is Nc1ccc(Br)c(-c2nc(Cc3ccc(O)cc3)no2)c1. The maximum Gasteiger partial charge on any atom is 0.259 e. The highest BCUT2D eigenvalue weighted by Crippen LogP contribution is 2.29. The summed E-state index contributed by atoms with van der Waals surface area (Å²) in [6.07, 6.45) is 0.531. The first-order chi connectivity index (χ1) is 10.1. The van der Waals surface area contributed by atoms with Gasteiger partial charge in [-0.2, -0.15) is 4.98 Å². The zero-order chi connectivity index (χ0) is 14.8. The highest BCUT2D eigenvalue weighted by Gasteiger charge is 2.12. The van der Waals surface area contributed by atoms with Crippen molar-refractivity contribution in [2.45, 2.75) is 6.42 Å². The van der Waals surface area contributed by atoms with Gasteiger partial charge in [0.25, 0.3) is 5.89 Å². The lowest BCUT2D eigenvalue weighted by atomic mass is 10.1. The minimum Gasteiger partial charge on any atom is -0.508 e. The predicted octanol–water partition coefficient (Wildman–Crippen LogP) is 3.38. The van der Waals surface area contributed by atoms with Gasteiger partial charge < -0.3 is 15.4 Å². The summed E-state index contributed by atoms with van der Waals surface area (Å²) in [4.78, 5) is 4.37. The number of nitrogens with two attached hydrogens (primary N) is 1. The average Bonchev–Trinajstić information content (AvgIpc) is 2.92. The minimum atomic E-state index is 0.233. The number of benzene rings is 2. The predicted molar refractivity (Wildman–Crippen MR) is 82.8 cm³/mol. The summed E-state index contributed by atoms with van der Waals surface area (Å²) in [5, 5.41) is 13.2. The fourth-order valence-corrected chi connectivity index (χ4v) is 2.35. The number of hydrogen-bond acceptors (Lipinski definition) is 5. The van der Waals surface area contributed by atoms with Crippen molar-refractivity contribution in [1.29, 1.82) is 0 Å². The van der Waals surface area contributed by atoms with Crippen LogP contribution in [-0.4, -0.2) is 15.2 Å². The third-order valence-electron chi connectivity index (χ3n) is 2.99. The Morgan fingerprint density at radius 3 is 2.67 bits per heavy atom. The molecule has 2 aromatic carbocycles. The van der Waals surface area contributed by atoms with Crippen LogP contribution in [0.4, 0.5) is 5.69 Å². The summed E-state index contributed by atoms with van der Waals surface area (Å²) in [6.45, 7) is 0. The van der Waals surface area contributed by atoms with Crippen molar-refractivity contribution >= 4 is 21.6 Å². The van der Waals surface area contributed by atoms with Crippen molar-refractivity contribution in [1.82, 2.24) is 10.1 Å². The molecule has 3 N–H and O–H groups in total. The zero-order valence-electron chi connectivity index (χ0n) is 11.0. The number of phenolic OH excluding ortho intramolecular Hbond substituents is 1. The van der Waals surface area contributed by atoms with Crippen molar-refractivity contribution < 1.29 is 9.63 Å². The molecule has 0 atom stereocenters. The summed E-state index contributed by atoms with van der Waals surface area (Å²) in [5.41, 5.74) is 8.16. The Morgan fingerprint density at radius 1 is 1.14 bits per heavy atom. The van der Waals surface area contributed by atoms with E-state index < -0.39 is 0 Å². The molecule has 0 saturated heterocycles. The monoisotopic (exact) mass is 345 g/mol. The van der Waals surface area contributed by atoms with Crippen molar-refractivity contribution in [2.75, 3.05) is 5.73 Å². The Balaban J connectivity index is 1.86. The summed E-state index contributed by atoms with van der Waals surface area (Å²) in [7, 11) is 0. The number of halogens is 1. The number of rotatable bonds is 3. The first kappa shape index (κ1) is 13.6. The Bertz CT molecular complexity index is 769. The van der Waals surface area contributed by atoms with Gasteiger partial charge in [0.05, 0.1) is 5.56 Å². The molecule has 3 aromatic rings. The quantitative estimate of drug-likeness (QED) is 0.710. The van der Waals surface area contributed by atoms with Crippen molar-refractivity contribution in [3.05, 3.63) is 58.3 Å². The molecule has 0 unspecified atom stereocenters. The standard InChI is InChI=1S/C15H12BrN3O2/c16-13-6-3-10(17)8-12(13)15-18-14(19-21-15)7-9-1-4-11(20)5-2-9/h1-6,8,20H,7,17H2. The van der Waals surface area contributed by atoms with Gasteiger partial charge in [0, 0.05) is 16.6 Å². The summed E-state index contributed by atoms with van der Waals surface area (Å²) < 4.78 is 6.13. The molecule has 0 radical (unpaired) electrons. The molecule has 106 valence electrons. The lowest BCUT2D eigenvalue weighted by molar-refractivity contribution is 0.423. The highest BCUT2D eigenvalue weighted by atomic mass is 79.9. The molecular weight excluding hydrogens is 334 g/mol. The van der Waals surface area contributed by atoms with Gasteiger partial charge in [0.1, 0.15) is 5.75 Å². The topological polar surface area (TPSA) is 85.2 Å². The second-order valence-corrected chi connectivity index (χ2v) is 5.45. The fraction of sp³-hybridized carbons (Fsp3) is 0.0667. The first-order valence-electron chi connectivity index (χ1n) is 6.28. The zero-order valence-corrected chi connectivity index (χ0v) is 12.5. The van der Waals surface area contributed by atoms with Gasteiger partial charge >= 0.3 is 0 Å². The molecule has 21 heavy (non-hydrogen) atoms. The summed E-state index contributed by atoms with van der Waals surface area (Å²) in [5.74, 6) is 1.23. The summed E-state index contributed by atoms with van der Waals surface area (Å²) >= 11 is 3.44. The Morgan fingerprint density at radius 2 is 1.90 bits per heavy atom. The van der Waals surface area contributed by atoms with E-state index in [1.165, 1.54) is 0 Å². The van der Waals surface area contributed by atoms with Gasteiger partial charge in [-0.05, 0) is 51.8 Å². The number of hydrogen-bond donors (Lipinski definition) is 2. The van der Waals surface area contributed by atoms with Crippen LogP contribution >= 0.6 is 15.9 Å². The number of nitrogens with zero attached hydrogens (tertiary/aromatic N) is 2. The number of nitrogen functional groups attached to an aromatic ring is 1. The first-order valence-corrected chi connectivity index (χ1v) is 7.07. The van der Waals surface area contributed by atoms with E-state index in [-0.39, 0.29) is 5.75 Å². The van der Waals surface area contributed by atoms with Crippen molar-refractivity contribution in [3.63, 3.8) is 0 Å². The van der Waals surface area contributed by atoms with Crippen LogP contribution < -0.4 is 5.73 Å². The molecule has 3 rings (SSSR count). The molecule has 0 amide bonds. The molecule has 0 aliphatic carbocycles. The maximum absolute atomic E-state index is 9.27. The van der Waals surface area contributed by atoms with Crippen molar-refractivity contribution in [2.24, 2.45) is 0 Å².